The van der Waals surface area contributed by atoms with Crippen molar-refractivity contribution in [2.45, 2.75) is 26.4 Å². The first-order chi connectivity index (χ1) is 17.2. The van der Waals surface area contributed by atoms with E-state index in [0.717, 1.165) is 18.4 Å². The molecule has 0 unspecified atom stereocenters. The third-order valence-corrected chi connectivity index (χ3v) is 5.53. The standard InChI is InChI=1S/C26H31N5O5/c1-15-9-12-18(23(35-3)21(15)26(34)36-14-16-7-5-4-6-8-16)30-19(22(28)25(33)29-2)13-20(27)31-24(32)17-10-11-17/h4-9,12-13,17,30H,10-11,14,27-28H2,1-3H3,(H,29,33)(H,31,32)/b20-13+,22-19+. The zero-order valence-corrected chi connectivity index (χ0v) is 20.5. The van der Waals surface area contributed by atoms with Crippen LogP contribution in [0.15, 0.2) is 65.8 Å². The average molecular weight is 494 g/mol. The number of hydrogen-bond donors (Lipinski definition) is 5. The second-order valence-corrected chi connectivity index (χ2v) is 8.29. The molecule has 0 bridgehead atoms. The third-order valence-electron chi connectivity index (χ3n) is 5.53. The molecule has 10 heteroatoms. The van der Waals surface area contributed by atoms with Gasteiger partial charge in [0.05, 0.1) is 18.5 Å². The Hall–Kier alpha value is -4.47. The Bertz CT molecular complexity index is 1200. The van der Waals surface area contributed by atoms with Crippen molar-refractivity contribution in [3.63, 3.8) is 0 Å². The summed E-state index contributed by atoms with van der Waals surface area (Å²) in [7, 11) is 2.85. The topological polar surface area (TPSA) is 158 Å². The van der Waals surface area contributed by atoms with Crippen LogP contribution < -0.4 is 32.2 Å². The van der Waals surface area contributed by atoms with E-state index in [4.69, 9.17) is 20.9 Å². The molecular formula is C26H31N5O5. The van der Waals surface area contributed by atoms with E-state index < -0.39 is 11.9 Å². The van der Waals surface area contributed by atoms with Gasteiger partial charge in [0.1, 0.15) is 23.7 Å². The predicted octanol–water partition coefficient (Wildman–Crippen LogP) is 2.02. The molecule has 190 valence electrons. The van der Waals surface area contributed by atoms with Gasteiger partial charge < -0.3 is 36.9 Å². The molecule has 1 aliphatic carbocycles. The van der Waals surface area contributed by atoms with Crippen LogP contribution in [0.4, 0.5) is 5.69 Å². The number of anilines is 1. The van der Waals surface area contributed by atoms with Gasteiger partial charge in [0.2, 0.25) is 5.91 Å². The van der Waals surface area contributed by atoms with E-state index in [0.29, 0.717) is 11.3 Å². The zero-order chi connectivity index (χ0) is 26.2. The number of likely N-dealkylation sites (N-methyl/N-ethyl adjacent to an activating group) is 1. The summed E-state index contributed by atoms with van der Waals surface area (Å²) in [5.41, 5.74) is 14.0. The summed E-state index contributed by atoms with van der Waals surface area (Å²) in [6, 6.07) is 12.7. The molecule has 7 N–H and O–H groups in total. The van der Waals surface area contributed by atoms with Crippen molar-refractivity contribution < 1.29 is 23.9 Å². The number of esters is 1. The Morgan fingerprint density at radius 2 is 1.78 bits per heavy atom. The van der Waals surface area contributed by atoms with Crippen molar-refractivity contribution in [1.29, 1.82) is 0 Å². The highest BCUT2D eigenvalue weighted by Crippen LogP contribution is 2.34. The molecule has 3 rings (SSSR count). The Morgan fingerprint density at radius 1 is 1.08 bits per heavy atom. The summed E-state index contributed by atoms with van der Waals surface area (Å²) in [6.07, 6.45) is 2.96. The first-order valence-corrected chi connectivity index (χ1v) is 11.4. The molecule has 0 saturated heterocycles. The first kappa shape index (κ1) is 26.1. The molecule has 0 heterocycles. The second-order valence-electron chi connectivity index (χ2n) is 8.29. The van der Waals surface area contributed by atoms with Gasteiger partial charge in [-0.3, -0.25) is 9.59 Å². The van der Waals surface area contributed by atoms with Gasteiger partial charge in [-0.1, -0.05) is 36.4 Å². The van der Waals surface area contributed by atoms with E-state index in [1.54, 1.807) is 19.1 Å². The van der Waals surface area contributed by atoms with Crippen LogP contribution in [0, 0.1) is 12.8 Å². The van der Waals surface area contributed by atoms with Crippen molar-refractivity contribution in [2.24, 2.45) is 17.4 Å². The van der Waals surface area contributed by atoms with Gasteiger partial charge in [0.15, 0.2) is 5.75 Å². The van der Waals surface area contributed by atoms with Crippen LogP contribution in [0.5, 0.6) is 5.75 Å². The van der Waals surface area contributed by atoms with Crippen LogP contribution in [-0.2, 0) is 20.9 Å². The highest BCUT2D eigenvalue weighted by molar-refractivity contribution is 5.97. The maximum absolute atomic E-state index is 13.0. The second kappa shape index (κ2) is 11.8. The number of rotatable bonds is 10. The monoisotopic (exact) mass is 493 g/mol. The summed E-state index contributed by atoms with van der Waals surface area (Å²) in [4.78, 5) is 37.4. The Labute approximate surface area is 209 Å². The largest absolute Gasteiger partial charge is 0.494 e. The number of methoxy groups -OCH3 is 1. The molecule has 1 fully saturated rings. The summed E-state index contributed by atoms with van der Waals surface area (Å²) in [6.45, 7) is 1.85. The van der Waals surface area contributed by atoms with Crippen molar-refractivity contribution in [2.75, 3.05) is 19.5 Å². The Kier molecular flexibility index (Phi) is 8.56. The van der Waals surface area contributed by atoms with Crippen molar-refractivity contribution in [3.8, 4) is 5.75 Å². The van der Waals surface area contributed by atoms with Crippen LogP contribution in [0.2, 0.25) is 0 Å². The number of amides is 2. The molecule has 0 spiro atoms. The van der Waals surface area contributed by atoms with E-state index >= 15 is 0 Å². The van der Waals surface area contributed by atoms with Gasteiger partial charge in [-0.05, 0) is 37.0 Å². The molecule has 2 amide bonds. The van der Waals surface area contributed by atoms with Crippen molar-refractivity contribution in [3.05, 3.63) is 82.4 Å². The number of aryl methyl sites for hydroxylation is 1. The molecule has 0 aliphatic heterocycles. The van der Waals surface area contributed by atoms with Crippen LogP contribution in [0.25, 0.3) is 0 Å². The quantitative estimate of drug-likeness (QED) is 0.191. The number of allylic oxidation sites excluding steroid dienone is 1. The molecule has 2 aromatic carbocycles. The van der Waals surface area contributed by atoms with Gasteiger partial charge in [-0.2, -0.15) is 0 Å². The lowest BCUT2D eigenvalue weighted by atomic mass is 10.1. The minimum atomic E-state index is -0.576. The highest BCUT2D eigenvalue weighted by Gasteiger charge is 2.30. The SMILES string of the molecule is CNC(=O)/C(N)=C(/C=C(\N)NC(=O)C1CC1)Nc1ccc(C)c(C(=O)OCc2ccccc2)c1OC. The molecule has 0 aromatic heterocycles. The lowest BCUT2D eigenvalue weighted by Gasteiger charge is -2.18. The molecule has 36 heavy (non-hydrogen) atoms. The van der Waals surface area contributed by atoms with Gasteiger partial charge in [0.25, 0.3) is 5.91 Å². The van der Waals surface area contributed by atoms with Crippen LogP contribution in [0.3, 0.4) is 0 Å². The number of ether oxygens (including phenoxy) is 2. The Morgan fingerprint density at radius 3 is 2.39 bits per heavy atom. The fourth-order valence-corrected chi connectivity index (χ4v) is 3.41. The Balaban J connectivity index is 1.92. The smallest absolute Gasteiger partial charge is 0.342 e. The highest BCUT2D eigenvalue weighted by atomic mass is 16.5. The number of nitrogens with one attached hydrogen (secondary N) is 3. The van der Waals surface area contributed by atoms with Crippen LogP contribution >= 0.6 is 0 Å². The predicted molar refractivity (Wildman–Crippen MR) is 135 cm³/mol. The van der Waals surface area contributed by atoms with Crippen molar-refractivity contribution >= 4 is 23.5 Å². The van der Waals surface area contributed by atoms with Gasteiger partial charge in [-0.25, -0.2) is 4.79 Å². The maximum Gasteiger partial charge on any atom is 0.342 e. The summed E-state index contributed by atoms with van der Waals surface area (Å²) in [5.74, 6) is -1.19. The number of nitrogens with two attached hydrogens (primary N) is 2. The van der Waals surface area contributed by atoms with E-state index in [2.05, 4.69) is 16.0 Å². The van der Waals surface area contributed by atoms with Gasteiger partial charge in [-0.15, -0.1) is 0 Å². The van der Waals surface area contributed by atoms with E-state index in [1.807, 2.05) is 30.3 Å². The minimum absolute atomic E-state index is 0.00910. The first-order valence-electron chi connectivity index (χ1n) is 11.4. The van der Waals surface area contributed by atoms with Gasteiger partial charge >= 0.3 is 5.97 Å². The summed E-state index contributed by atoms with van der Waals surface area (Å²) in [5, 5.41) is 8.06. The normalized spacial score (nSPS) is 13.8. The molecular weight excluding hydrogens is 462 g/mol. The fourth-order valence-electron chi connectivity index (χ4n) is 3.41. The van der Waals surface area contributed by atoms with E-state index in [-0.39, 0.29) is 47.0 Å². The van der Waals surface area contributed by atoms with Crippen LogP contribution in [-0.4, -0.2) is 31.9 Å². The molecule has 2 aromatic rings. The molecule has 1 saturated carbocycles. The number of carbonyl (C=O) groups excluding carboxylic acids is 3. The molecule has 10 nitrogen and oxygen atoms in total. The number of benzene rings is 2. The number of hydrogen-bond acceptors (Lipinski definition) is 8. The molecule has 0 atom stereocenters. The maximum atomic E-state index is 13.0. The van der Waals surface area contributed by atoms with Crippen LogP contribution in [0.1, 0.15) is 34.3 Å². The van der Waals surface area contributed by atoms with Gasteiger partial charge in [0, 0.05) is 19.0 Å². The molecule has 1 aliphatic rings. The summed E-state index contributed by atoms with van der Waals surface area (Å²) >= 11 is 0. The van der Waals surface area contributed by atoms with Crippen molar-refractivity contribution in [1.82, 2.24) is 10.6 Å². The van der Waals surface area contributed by atoms with E-state index in [1.165, 1.54) is 20.2 Å². The van der Waals surface area contributed by atoms with E-state index in [9.17, 15) is 14.4 Å². The lowest BCUT2D eigenvalue weighted by molar-refractivity contribution is -0.121. The lowest BCUT2D eigenvalue weighted by Crippen LogP contribution is -2.31. The third kappa shape index (κ3) is 6.56. The molecule has 0 radical (unpaired) electrons. The minimum Gasteiger partial charge on any atom is -0.494 e. The summed E-state index contributed by atoms with van der Waals surface area (Å²) < 4.78 is 11.1. The average Bonchev–Trinajstić information content (AvgIpc) is 3.73. The number of carbonyl (C=O) groups is 3. The zero-order valence-electron chi connectivity index (χ0n) is 20.5. The fraction of sp³-hybridized carbons (Fsp3) is 0.269.